The summed E-state index contributed by atoms with van der Waals surface area (Å²) in [7, 11) is -1.17. The van der Waals surface area contributed by atoms with Gasteiger partial charge < -0.3 is 14.5 Å². The molecule has 13 heteroatoms. The molecule has 1 saturated heterocycles. The summed E-state index contributed by atoms with van der Waals surface area (Å²) >= 11 is 0. The quantitative estimate of drug-likeness (QED) is 0.325. The van der Waals surface area contributed by atoms with E-state index in [1.807, 2.05) is 0 Å². The maximum absolute atomic E-state index is 15.5. The van der Waals surface area contributed by atoms with Gasteiger partial charge in [-0.15, -0.1) is 0 Å². The van der Waals surface area contributed by atoms with E-state index in [0.29, 0.717) is 48.2 Å². The lowest BCUT2D eigenvalue weighted by molar-refractivity contribution is 0.0633. The van der Waals surface area contributed by atoms with Crippen LogP contribution in [0.5, 0.6) is 6.01 Å². The van der Waals surface area contributed by atoms with Crippen molar-refractivity contribution in [3.63, 3.8) is 0 Å². The number of rotatable bonds is 8. The van der Waals surface area contributed by atoms with Crippen LogP contribution in [-0.2, 0) is 14.9 Å². The van der Waals surface area contributed by atoms with Crippen LogP contribution in [0.2, 0.25) is 0 Å². The van der Waals surface area contributed by atoms with E-state index < -0.39 is 21.8 Å². The molecule has 4 aromatic rings. The van der Waals surface area contributed by atoms with Gasteiger partial charge in [0.2, 0.25) is 0 Å². The molecule has 1 aromatic carbocycles. The standard InChI is InChI=1S/C25H25FN6O5S/c1-32(17-6-8-37-9-7-17)38(34,35)31-21-5-3-4-18(22(21)26)23(33)20-14-28-24-19(20)10-15(11-27-24)16-12-29-25(36-2)30-13-16/h3-5,10-14,17,31H,6-9H2,1-2H3,(H,27,28). The number of ether oxygens (including phenoxy) is 2. The second-order valence-electron chi connectivity index (χ2n) is 8.74. The van der Waals surface area contributed by atoms with E-state index in [-0.39, 0.29) is 28.9 Å². The third kappa shape index (κ3) is 4.95. The van der Waals surface area contributed by atoms with E-state index in [2.05, 4.69) is 24.7 Å². The van der Waals surface area contributed by atoms with Crippen LogP contribution >= 0.6 is 0 Å². The normalized spacial score (nSPS) is 14.6. The van der Waals surface area contributed by atoms with Gasteiger partial charge in [0.25, 0.3) is 0 Å². The Bertz CT molecular complexity index is 1590. The van der Waals surface area contributed by atoms with Gasteiger partial charge in [0.15, 0.2) is 11.6 Å². The van der Waals surface area contributed by atoms with Crippen molar-refractivity contribution in [3.05, 3.63) is 66.0 Å². The minimum absolute atomic E-state index is 0.182. The Kier molecular flexibility index (Phi) is 7.06. The first-order chi connectivity index (χ1) is 18.3. The number of nitrogens with zero attached hydrogens (tertiary/aromatic N) is 4. The van der Waals surface area contributed by atoms with Gasteiger partial charge in [-0.3, -0.25) is 9.52 Å². The maximum Gasteiger partial charge on any atom is 0.316 e. The molecule has 0 atom stereocenters. The highest BCUT2D eigenvalue weighted by molar-refractivity contribution is 7.90. The zero-order valence-corrected chi connectivity index (χ0v) is 21.5. The molecule has 11 nitrogen and oxygen atoms in total. The molecule has 1 aliphatic rings. The average Bonchev–Trinajstić information content (AvgIpc) is 3.37. The van der Waals surface area contributed by atoms with E-state index in [0.717, 1.165) is 0 Å². The molecule has 1 aliphatic heterocycles. The maximum atomic E-state index is 15.5. The van der Waals surface area contributed by atoms with Gasteiger partial charge in [-0.2, -0.15) is 12.7 Å². The summed E-state index contributed by atoms with van der Waals surface area (Å²) in [5.74, 6) is -1.60. The minimum Gasteiger partial charge on any atom is -0.467 e. The third-order valence-corrected chi connectivity index (χ3v) is 8.02. The lowest BCUT2D eigenvalue weighted by Gasteiger charge is -2.30. The number of halogens is 1. The number of H-pyrrole nitrogens is 1. The smallest absolute Gasteiger partial charge is 0.316 e. The first-order valence-electron chi connectivity index (χ1n) is 11.8. The van der Waals surface area contributed by atoms with Crippen molar-refractivity contribution >= 4 is 32.7 Å². The molecular weight excluding hydrogens is 515 g/mol. The van der Waals surface area contributed by atoms with Crippen LogP contribution in [-0.4, -0.2) is 71.9 Å². The molecule has 2 N–H and O–H groups in total. The number of carbonyl (C=O) groups is 1. The van der Waals surface area contributed by atoms with Gasteiger partial charge in [-0.05, 0) is 31.0 Å². The number of nitrogens with one attached hydrogen (secondary N) is 2. The molecule has 3 aromatic heterocycles. The van der Waals surface area contributed by atoms with Crippen molar-refractivity contribution in [2.24, 2.45) is 0 Å². The monoisotopic (exact) mass is 540 g/mol. The predicted octanol–water partition coefficient (Wildman–Crippen LogP) is 3.17. The van der Waals surface area contributed by atoms with Gasteiger partial charge in [-0.1, -0.05) is 6.07 Å². The van der Waals surface area contributed by atoms with Crippen LogP contribution < -0.4 is 9.46 Å². The molecule has 38 heavy (non-hydrogen) atoms. The highest BCUT2D eigenvalue weighted by Gasteiger charge is 2.29. The molecule has 5 rings (SSSR count). The summed E-state index contributed by atoms with van der Waals surface area (Å²) < 4.78 is 55.1. The summed E-state index contributed by atoms with van der Waals surface area (Å²) in [6.45, 7) is 0.908. The summed E-state index contributed by atoms with van der Waals surface area (Å²) in [5, 5.41) is 0.466. The Morgan fingerprint density at radius 2 is 1.84 bits per heavy atom. The van der Waals surface area contributed by atoms with E-state index in [1.54, 1.807) is 24.7 Å². The van der Waals surface area contributed by atoms with Crippen molar-refractivity contribution in [1.29, 1.82) is 0 Å². The second kappa shape index (κ2) is 10.4. The van der Waals surface area contributed by atoms with E-state index in [1.165, 1.54) is 42.9 Å². The summed E-state index contributed by atoms with van der Waals surface area (Å²) in [6, 6.07) is 5.69. The van der Waals surface area contributed by atoms with Crippen LogP contribution in [0.3, 0.4) is 0 Å². The van der Waals surface area contributed by atoms with Crippen LogP contribution in [0.4, 0.5) is 10.1 Å². The summed E-state index contributed by atoms with van der Waals surface area (Å²) in [5.41, 5.74) is 1.31. The van der Waals surface area contributed by atoms with Crippen molar-refractivity contribution < 1.29 is 27.1 Å². The zero-order valence-electron chi connectivity index (χ0n) is 20.6. The minimum atomic E-state index is -4.07. The first kappa shape index (κ1) is 25.7. The second-order valence-corrected chi connectivity index (χ2v) is 10.5. The molecule has 1 fully saturated rings. The summed E-state index contributed by atoms with van der Waals surface area (Å²) in [6.07, 6.45) is 7.26. The Morgan fingerprint density at radius 3 is 2.55 bits per heavy atom. The lowest BCUT2D eigenvalue weighted by Crippen LogP contribution is -2.43. The highest BCUT2D eigenvalue weighted by Crippen LogP contribution is 2.29. The van der Waals surface area contributed by atoms with Crippen molar-refractivity contribution in [2.45, 2.75) is 18.9 Å². The Hall–Kier alpha value is -3.94. The molecule has 0 bridgehead atoms. The van der Waals surface area contributed by atoms with Gasteiger partial charge in [0.1, 0.15) is 5.65 Å². The number of hydrogen-bond acceptors (Lipinski definition) is 8. The Balaban J connectivity index is 1.44. The number of benzene rings is 1. The van der Waals surface area contributed by atoms with Gasteiger partial charge >= 0.3 is 16.2 Å². The first-order valence-corrected chi connectivity index (χ1v) is 13.2. The lowest BCUT2D eigenvalue weighted by atomic mass is 10.0. The van der Waals surface area contributed by atoms with Crippen molar-refractivity contribution in [1.82, 2.24) is 24.2 Å². The van der Waals surface area contributed by atoms with E-state index >= 15 is 4.39 Å². The zero-order chi connectivity index (χ0) is 26.9. The van der Waals surface area contributed by atoms with Crippen molar-refractivity contribution in [2.75, 3.05) is 32.1 Å². The number of hydrogen-bond donors (Lipinski definition) is 2. The predicted molar refractivity (Wildman–Crippen MR) is 138 cm³/mol. The molecule has 0 amide bonds. The third-order valence-electron chi connectivity index (χ3n) is 6.49. The van der Waals surface area contributed by atoms with Crippen LogP contribution in [0.1, 0.15) is 28.8 Å². The largest absolute Gasteiger partial charge is 0.467 e. The molecule has 0 aliphatic carbocycles. The topological polar surface area (TPSA) is 139 Å². The molecule has 0 saturated carbocycles. The fourth-order valence-corrected chi connectivity index (χ4v) is 5.49. The molecule has 0 unspecified atom stereocenters. The number of aromatic nitrogens is 4. The number of ketones is 1. The number of carbonyl (C=O) groups excluding carboxylic acids is 1. The molecular formula is C25H25FN6O5S. The molecule has 4 heterocycles. The Labute approximate surface area is 218 Å². The van der Waals surface area contributed by atoms with E-state index in [9.17, 15) is 13.2 Å². The number of anilines is 1. The number of fused-ring (bicyclic) bond motifs is 1. The number of aromatic amines is 1. The van der Waals surface area contributed by atoms with Gasteiger partial charge in [0, 0.05) is 73.2 Å². The van der Waals surface area contributed by atoms with Crippen LogP contribution in [0, 0.1) is 5.82 Å². The van der Waals surface area contributed by atoms with E-state index in [4.69, 9.17) is 9.47 Å². The molecule has 0 spiro atoms. The average molecular weight is 541 g/mol. The molecule has 0 radical (unpaired) electrons. The number of methoxy groups -OCH3 is 1. The van der Waals surface area contributed by atoms with Crippen LogP contribution in [0.15, 0.2) is 49.1 Å². The summed E-state index contributed by atoms with van der Waals surface area (Å²) in [4.78, 5) is 28.9. The Morgan fingerprint density at radius 1 is 1.13 bits per heavy atom. The molecule has 198 valence electrons. The number of pyridine rings is 1. The SMILES string of the molecule is COc1ncc(-c2cnc3[nH]cc(C(=O)c4cccc(NS(=O)(=O)N(C)C5CCOCC5)c4F)c3c2)cn1. The van der Waals surface area contributed by atoms with Crippen LogP contribution in [0.25, 0.3) is 22.2 Å². The highest BCUT2D eigenvalue weighted by atomic mass is 32.2. The van der Waals surface area contributed by atoms with Gasteiger partial charge in [-0.25, -0.2) is 19.3 Å². The fourth-order valence-electron chi connectivity index (χ4n) is 4.31. The fraction of sp³-hybridized carbons (Fsp3) is 0.280. The van der Waals surface area contributed by atoms with Crippen molar-refractivity contribution in [3.8, 4) is 17.1 Å². The van der Waals surface area contributed by atoms with Gasteiger partial charge in [0.05, 0.1) is 18.4 Å².